The molecule has 7 nitrogen and oxygen atoms in total. The van der Waals surface area contributed by atoms with E-state index in [2.05, 4.69) is 10.3 Å². The molecule has 0 spiro atoms. The smallest absolute Gasteiger partial charge is 0.280 e. The lowest BCUT2D eigenvalue weighted by atomic mass is 9.73. The molecule has 0 saturated carbocycles. The highest BCUT2D eigenvalue weighted by Gasteiger charge is 2.42. The van der Waals surface area contributed by atoms with E-state index in [4.69, 9.17) is 4.74 Å². The van der Waals surface area contributed by atoms with E-state index >= 15 is 0 Å². The molecule has 1 aromatic heterocycles. The van der Waals surface area contributed by atoms with Gasteiger partial charge in [0.1, 0.15) is 5.69 Å². The molecule has 0 bridgehead atoms. The lowest BCUT2D eigenvalue weighted by Crippen LogP contribution is -2.49. The second kappa shape index (κ2) is 7.52. The third-order valence-corrected chi connectivity index (χ3v) is 5.46. The summed E-state index contributed by atoms with van der Waals surface area (Å²) in [5, 5.41) is 2.93. The van der Waals surface area contributed by atoms with Gasteiger partial charge in [-0.05, 0) is 30.5 Å². The second-order valence-corrected chi connectivity index (χ2v) is 6.98. The van der Waals surface area contributed by atoms with Crippen molar-refractivity contribution in [1.82, 2.24) is 15.2 Å². The van der Waals surface area contributed by atoms with Crippen molar-refractivity contribution >= 4 is 17.7 Å². The quantitative estimate of drug-likeness (QED) is 0.796. The molecular formula is C21H21N3O4. The van der Waals surface area contributed by atoms with Gasteiger partial charge in [0.25, 0.3) is 11.8 Å². The van der Waals surface area contributed by atoms with Gasteiger partial charge in [-0.25, -0.2) is 0 Å². The van der Waals surface area contributed by atoms with Crippen molar-refractivity contribution in [1.29, 1.82) is 0 Å². The fourth-order valence-corrected chi connectivity index (χ4v) is 3.89. The van der Waals surface area contributed by atoms with Crippen molar-refractivity contribution in [2.45, 2.75) is 18.3 Å². The highest BCUT2D eigenvalue weighted by atomic mass is 16.5. The number of carbonyl (C=O) groups excluding carboxylic acids is 3. The summed E-state index contributed by atoms with van der Waals surface area (Å²) < 4.78 is 5.46. The Morgan fingerprint density at radius 3 is 2.54 bits per heavy atom. The van der Waals surface area contributed by atoms with E-state index in [0.29, 0.717) is 31.6 Å². The van der Waals surface area contributed by atoms with Crippen LogP contribution in [0, 0.1) is 0 Å². The molecule has 0 unspecified atom stereocenters. The highest BCUT2D eigenvalue weighted by molar-refractivity contribution is 6.20. The third-order valence-electron chi connectivity index (χ3n) is 5.46. The van der Waals surface area contributed by atoms with E-state index in [0.717, 1.165) is 10.5 Å². The Morgan fingerprint density at radius 2 is 1.82 bits per heavy atom. The summed E-state index contributed by atoms with van der Waals surface area (Å²) in [4.78, 5) is 43.0. The maximum absolute atomic E-state index is 13.1. The summed E-state index contributed by atoms with van der Waals surface area (Å²) in [6, 6.07) is 12.9. The molecule has 3 heterocycles. The lowest BCUT2D eigenvalue weighted by molar-refractivity contribution is -0.130. The van der Waals surface area contributed by atoms with Crippen LogP contribution < -0.4 is 5.32 Å². The van der Waals surface area contributed by atoms with E-state index in [9.17, 15) is 14.4 Å². The summed E-state index contributed by atoms with van der Waals surface area (Å²) in [7, 11) is 0. The molecule has 0 radical (unpaired) electrons. The van der Waals surface area contributed by atoms with Gasteiger partial charge in [-0.3, -0.25) is 24.3 Å². The first-order valence-electron chi connectivity index (χ1n) is 9.36. The minimum atomic E-state index is -0.650. The molecule has 7 heteroatoms. The summed E-state index contributed by atoms with van der Waals surface area (Å²) in [5.41, 5.74) is 0.789. The number of aromatic nitrogens is 1. The summed E-state index contributed by atoms with van der Waals surface area (Å²) in [6.45, 7) is 1.35. The van der Waals surface area contributed by atoms with Crippen molar-refractivity contribution in [3.63, 3.8) is 0 Å². The second-order valence-electron chi connectivity index (χ2n) is 6.98. The van der Waals surface area contributed by atoms with Crippen LogP contribution in [0.5, 0.6) is 0 Å². The molecule has 0 atom stereocenters. The van der Waals surface area contributed by atoms with E-state index in [1.807, 2.05) is 30.3 Å². The number of fused-ring (bicyclic) bond motifs is 1. The topological polar surface area (TPSA) is 88.6 Å². The Labute approximate surface area is 162 Å². The number of benzene rings is 1. The number of nitrogens with one attached hydrogen (secondary N) is 1. The van der Waals surface area contributed by atoms with Gasteiger partial charge in [-0.2, -0.15) is 0 Å². The fourth-order valence-electron chi connectivity index (χ4n) is 3.89. The van der Waals surface area contributed by atoms with Crippen molar-refractivity contribution < 1.29 is 19.1 Å². The average Bonchev–Trinajstić information content (AvgIpc) is 3.00. The van der Waals surface area contributed by atoms with Crippen LogP contribution in [0.25, 0.3) is 0 Å². The molecular weight excluding hydrogens is 358 g/mol. The monoisotopic (exact) mass is 379 g/mol. The molecule has 4 rings (SSSR count). The predicted octanol–water partition coefficient (Wildman–Crippen LogP) is 1.54. The lowest BCUT2D eigenvalue weighted by Gasteiger charge is -2.36. The normalized spacial score (nSPS) is 18.1. The number of amides is 3. The fraction of sp³-hybridized carbons (Fsp3) is 0.333. The number of ether oxygens (including phenoxy) is 1. The Morgan fingerprint density at radius 1 is 1.07 bits per heavy atom. The average molecular weight is 379 g/mol. The number of pyridine rings is 1. The molecule has 1 fully saturated rings. The van der Waals surface area contributed by atoms with Crippen LogP contribution in [0.2, 0.25) is 0 Å². The number of imide groups is 1. The van der Waals surface area contributed by atoms with Crippen LogP contribution in [0.15, 0.2) is 48.7 Å². The first kappa shape index (κ1) is 18.3. The van der Waals surface area contributed by atoms with Gasteiger partial charge in [0.05, 0.1) is 11.0 Å². The van der Waals surface area contributed by atoms with E-state index in [-0.39, 0.29) is 30.6 Å². The molecule has 3 amide bonds. The van der Waals surface area contributed by atoms with E-state index in [1.165, 1.54) is 6.20 Å². The minimum absolute atomic E-state index is 0.100. The molecule has 2 aromatic rings. The number of hydrogen-bond acceptors (Lipinski definition) is 5. The maximum Gasteiger partial charge on any atom is 0.280 e. The zero-order chi connectivity index (χ0) is 19.6. The van der Waals surface area contributed by atoms with Crippen LogP contribution >= 0.6 is 0 Å². The van der Waals surface area contributed by atoms with Crippen molar-refractivity contribution in [3.05, 3.63) is 65.5 Å². The van der Waals surface area contributed by atoms with Crippen molar-refractivity contribution in [2.24, 2.45) is 0 Å². The maximum atomic E-state index is 13.1. The molecule has 2 aliphatic heterocycles. The Hall–Kier alpha value is -3.06. The van der Waals surface area contributed by atoms with Gasteiger partial charge in [0.2, 0.25) is 5.91 Å². The number of hydrogen-bond donors (Lipinski definition) is 1. The first-order valence-corrected chi connectivity index (χ1v) is 9.36. The number of rotatable bonds is 5. The Bertz CT molecular complexity index is 872. The molecule has 2 aliphatic rings. The first-order chi connectivity index (χ1) is 13.6. The molecule has 1 aromatic carbocycles. The molecule has 1 N–H and O–H groups in total. The molecule has 1 saturated heterocycles. The zero-order valence-corrected chi connectivity index (χ0v) is 15.4. The third kappa shape index (κ3) is 3.07. The SMILES string of the molecule is O=C1c2cccnc2C(=O)N1CCNC(=O)C1(c2ccccc2)CCOCC1. The van der Waals surface area contributed by atoms with Gasteiger partial charge in [-0.15, -0.1) is 0 Å². The largest absolute Gasteiger partial charge is 0.381 e. The van der Waals surface area contributed by atoms with Crippen LogP contribution in [-0.2, 0) is 14.9 Å². The summed E-state index contributed by atoms with van der Waals surface area (Å²) in [5.74, 6) is -0.887. The van der Waals surface area contributed by atoms with Gasteiger partial charge in [0.15, 0.2) is 0 Å². The van der Waals surface area contributed by atoms with Crippen LogP contribution in [0.4, 0.5) is 0 Å². The highest BCUT2D eigenvalue weighted by Crippen LogP contribution is 2.35. The van der Waals surface area contributed by atoms with Crippen LogP contribution in [0.1, 0.15) is 39.3 Å². The Balaban J connectivity index is 1.44. The summed E-state index contributed by atoms with van der Waals surface area (Å²) >= 11 is 0. The molecule has 0 aliphatic carbocycles. The zero-order valence-electron chi connectivity index (χ0n) is 15.4. The number of carbonyl (C=O) groups is 3. The molecule has 144 valence electrons. The predicted molar refractivity (Wildman–Crippen MR) is 101 cm³/mol. The van der Waals surface area contributed by atoms with E-state index < -0.39 is 11.3 Å². The standard InChI is InChI=1S/C21H21N3O4/c25-18-16-7-4-10-22-17(16)19(26)24(18)12-11-23-20(27)21(8-13-28-14-9-21)15-5-2-1-3-6-15/h1-7,10H,8-9,11-14H2,(H,23,27). The van der Waals surface area contributed by atoms with Crippen molar-refractivity contribution in [3.8, 4) is 0 Å². The van der Waals surface area contributed by atoms with E-state index in [1.54, 1.807) is 12.1 Å². The number of nitrogens with zero attached hydrogens (tertiary/aromatic N) is 2. The van der Waals surface area contributed by atoms with Gasteiger partial charge in [0, 0.05) is 32.5 Å². The molecule has 28 heavy (non-hydrogen) atoms. The van der Waals surface area contributed by atoms with Crippen molar-refractivity contribution in [2.75, 3.05) is 26.3 Å². The Kier molecular flexibility index (Phi) is 4.92. The van der Waals surface area contributed by atoms with Gasteiger partial charge >= 0.3 is 0 Å². The van der Waals surface area contributed by atoms with Crippen LogP contribution in [0.3, 0.4) is 0 Å². The van der Waals surface area contributed by atoms with Gasteiger partial charge in [-0.1, -0.05) is 30.3 Å². The minimum Gasteiger partial charge on any atom is -0.381 e. The summed E-state index contributed by atoms with van der Waals surface area (Å²) in [6.07, 6.45) is 2.68. The van der Waals surface area contributed by atoms with Crippen LogP contribution in [-0.4, -0.2) is 53.9 Å². The van der Waals surface area contributed by atoms with Gasteiger partial charge < -0.3 is 10.1 Å².